The number of H-pyrrole nitrogens is 1. The molecule has 0 bridgehead atoms. The molecule has 1 aliphatic heterocycles. The Labute approximate surface area is 258 Å². The maximum absolute atomic E-state index is 12.9. The summed E-state index contributed by atoms with van der Waals surface area (Å²) in [6.07, 6.45) is -0.245. The van der Waals surface area contributed by atoms with Gasteiger partial charge in [0.1, 0.15) is 12.2 Å². The Balaban J connectivity index is 2.50. The van der Waals surface area contributed by atoms with Crippen LogP contribution in [0.5, 0.6) is 0 Å². The molecule has 1 N–H and O–H groups in total. The topological polar surface area (TPSA) is 112 Å². The molecule has 42 heavy (non-hydrogen) atoms. The Kier molecular flexibility index (Phi) is 13.3. The number of hydrogen-bond donors (Lipinski definition) is 1. The molecule has 1 fully saturated rings. The van der Waals surface area contributed by atoms with Gasteiger partial charge in [0.2, 0.25) is 0 Å². The summed E-state index contributed by atoms with van der Waals surface area (Å²) in [5.41, 5.74) is -1.45. The van der Waals surface area contributed by atoms with Gasteiger partial charge in [-0.2, -0.15) is 0 Å². The monoisotopic (exact) mass is 647 g/mol. The zero-order valence-corrected chi connectivity index (χ0v) is 30.6. The highest BCUT2D eigenvalue weighted by Gasteiger charge is 2.52. The fraction of sp³-hybridized carbons (Fsp3) is 0.828. The van der Waals surface area contributed by atoms with E-state index in [1.807, 2.05) is 27.7 Å². The molecule has 0 saturated carbocycles. The molecule has 2 heterocycles. The van der Waals surface area contributed by atoms with E-state index in [4.69, 9.17) is 18.2 Å². The molecule has 13 heteroatoms. The second kappa shape index (κ2) is 15.0. The van der Waals surface area contributed by atoms with Gasteiger partial charge in [-0.25, -0.2) is 9.46 Å². The number of thioether (sulfide) groups is 1. The van der Waals surface area contributed by atoms with Gasteiger partial charge in [-0.3, -0.25) is 19.1 Å². The number of nitrogens with one attached hydrogen (secondary N) is 1. The van der Waals surface area contributed by atoms with E-state index in [0.717, 1.165) is 0 Å². The number of aromatic amines is 1. The maximum atomic E-state index is 12.9. The zero-order chi connectivity index (χ0) is 32.2. The van der Waals surface area contributed by atoms with Crippen LogP contribution >= 0.6 is 20.3 Å². The number of ether oxygens (including phenoxy) is 1. The third kappa shape index (κ3) is 9.57. The van der Waals surface area contributed by atoms with E-state index in [1.54, 1.807) is 0 Å². The van der Waals surface area contributed by atoms with Crippen LogP contribution in [0.25, 0.3) is 0 Å². The molecule has 1 saturated heterocycles. The van der Waals surface area contributed by atoms with Crippen LogP contribution in [-0.4, -0.2) is 70.4 Å². The van der Waals surface area contributed by atoms with E-state index in [0.29, 0.717) is 18.8 Å². The van der Waals surface area contributed by atoms with Crippen LogP contribution in [-0.2, 0) is 23.0 Å². The van der Waals surface area contributed by atoms with Gasteiger partial charge in [-0.15, -0.1) is 0 Å². The van der Waals surface area contributed by atoms with E-state index in [1.165, 1.54) is 28.6 Å². The maximum Gasteiger partial charge on any atom is 0.330 e. The molecule has 0 aromatic carbocycles. The predicted molar refractivity (Wildman–Crippen MR) is 174 cm³/mol. The Morgan fingerprint density at radius 3 is 2.19 bits per heavy atom. The highest BCUT2D eigenvalue weighted by molar-refractivity contribution is 8.13. The van der Waals surface area contributed by atoms with E-state index < -0.39 is 51.9 Å². The van der Waals surface area contributed by atoms with Crippen molar-refractivity contribution in [3.8, 4) is 0 Å². The van der Waals surface area contributed by atoms with Gasteiger partial charge in [0, 0.05) is 35.5 Å². The van der Waals surface area contributed by atoms with Crippen LogP contribution in [0.3, 0.4) is 0 Å². The molecule has 0 spiro atoms. The summed E-state index contributed by atoms with van der Waals surface area (Å²) in [7, 11) is -3.96. The SMILES string of the molecule is CC[C@H]1O[C@@H](n2ccc(=O)[nH]c2=O)[C@@H](O[Si](C)(C)C(C)(C)C)C1OP(OCCSC(=O)C(C)(C)C)N(C(C)C)C(C)C. The first-order valence-electron chi connectivity index (χ1n) is 14.9. The van der Waals surface area contributed by atoms with Gasteiger partial charge in [-0.05, 0) is 52.2 Å². The minimum Gasteiger partial charge on any atom is -0.407 e. The lowest BCUT2D eigenvalue weighted by Gasteiger charge is -2.42. The summed E-state index contributed by atoms with van der Waals surface area (Å²) in [5, 5.41) is 0.00987. The quantitative estimate of drug-likeness (QED) is 0.150. The standard InChI is InChI=1S/C29H54N3O7PSSi/c1-14-21-23(38-40(32(19(2)3)20(4)5)36-17-18-41-26(34)28(6,7)8)24(39-42(12,13)29(9,10)11)25(37-21)31-16-15-22(33)30-27(31)35/h15-16,19-21,23-25H,14,17-18H2,1-13H3,(H,30,33,35)/t21-,23?,24+,25-,40?/m1/s1. The predicted octanol–water partition coefficient (Wildman–Crippen LogP) is 6.29. The number of carbonyl (C=O) groups excluding carboxylic acids is 1. The molecule has 1 aromatic rings. The van der Waals surface area contributed by atoms with Crippen LogP contribution in [0.2, 0.25) is 18.1 Å². The Hall–Kier alpha value is -0.853. The number of nitrogens with zero attached hydrogens (tertiary/aromatic N) is 2. The first-order valence-corrected chi connectivity index (χ1v) is 19.9. The molecule has 2 unspecified atom stereocenters. The Morgan fingerprint density at radius 1 is 1.12 bits per heavy atom. The van der Waals surface area contributed by atoms with E-state index >= 15 is 0 Å². The fourth-order valence-corrected chi connectivity index (χ4v) is 8.32. The van der Waals surface area contributed by atoms with Crippen LogP contribution in [0.1, 0.15) is 88.8 Å². The van der Waals surface area contributed by atoms with Gasteiger partial charge < -0.3 is 18.2 Å². The summed E-state index contributed by atoms with van der Waals surface area (Å²) < 4.78 is 30.5. The molecular weight excluding hydrogens is 593 g/mol. The normalized spacial score (nSPS) is 22.9. The van der Waals surface area contributed by atoms with Crippen LogP contribution in [0.4, 0.5) is 0 Å². The molecule has 242 valence electrons. The lowest BCUT2D eigenvalue weighted by Crippen LogP contribution is -2.50. The van der Waals surface area contributed by atoms with E-state index in [-0.39, 0.29) is 28.3 Å². The smallest absolute Gasteiger partial charge is 0.330 e. The summed E-state index contributed by atoms with van der Waals surface area (Å²) in [6, 6.07) is 1.56. The molecule has 0 aliphatic carbocycles. The lowest BCUT2D eigenvalue weighted by molar-refractivity contribution is -0.117. The van der Waals surface area contributed by atoms with E-state index in [9.17, 15) is 14.4 Å². The second-order valence-corrected chi connectivity index (χ2v) is 21.2. The number of aromatic nitrogens is 2. The number of rotatable bonds is 13. The molecule has 10 nitrogen and oxygen atoms in total. The molecule has 1 aromatic heterocycles. The first-order chi connectivity index (χ1) is 19.2. The highest BCUT2D eigenvalue weighted by Crippen LogP contribution is 2.52. The molecule has 5 atom stereocenters. The molecular formula is C29H54N3O7PSSi. The van der Waals surface area contributed by atoms with Crippen molar-refractivity contribution < 1.29 is 23.0 Å². The fourth-order valence-electron chi connectivity index (χ4n) is 4.35. The average Bonchev–Trinajstić information content (AvgIpc) is 3.15. The summed E-state index contributed by atoms with van der Waals surface area (Å²) in [4.78, 5) is 39.6. The van der Waals surface area contributed by atoms with E-state index in [2.05, 4.69) is 71.2 Å². The zero-order valence-electron chi connectivity index (χ0n) is 27.8. The molecule has 0 amide bonds. The van der Waals surface area contributed by atoms with Crippen molar-refractivity contribution in [1.82, 2.24) is 14.2 Å². The van der Waals surface area contributed by atoms with Crippen LogP contribution in [0.15, 0.2) is 21.9 Å². The summed E-state index contributed by atoms with van der Waals surface area (Å²) in [6.45, 7) is 27.3. The highest BCUT2D eigenvalue weighted by atomic mass is 32.2. The van der Waals surface area contributed by atoms with Crippen molar-refractivity contribution in [2.24, 2.45) is 5.41 Å². The minimum atomic E-state index is -2.38. The van der Waals surface area contributed by atoms with Gasteiger partial charge in [0.25, 0.3) is 14.1 Å². The van der Waals surface area contributed by atoms with Gasteiger partial charge in [-0.1, -0.05) is 60.2 Å². The molecule has 1 aliphatic rings. The van der Waals surface area contributed by atoms with Crippen LogP contribution < -0.4 is 11.2 Å². The van der Waals surface area contributed by atoms with Gasteiger partial charge in [0.05, 0.1) is 12.7 Å². The van der Waals surface area contributed by atoms with Crippen molar-refractivity contribution in [2.75, 3.05) is 12.4 Å². The minimum absolute atomic E-state index is 0.109. The van der Waals surface area contributed by atoms with Crippen molar-refractivity contribution in [1.29, 1.82) is 0 Å². The summed E-state index contributed by atoms with van der Waals surface area (Å²) in [5.74, 6) is 0.514. The Morgan fingerprint density at radius 2 is 1.71 bits per heavy atom. The second-order valence-electron chi connectivity index (χ2n) is 13.9. The summed E-state index contributed by atoms with van der Waals surface area (Å²) >= 11 is 1.27. The van der Waals surface area contributed by atoms with Crippen LogP contribution in [0, 0.1) is 5.41 Å². The van der Waals surface area contributed by atoms with Gasteiger partial charge in [0.15, 0.2) is 19.7 Å². The molecule has 0 radical (unpaired) electrons. The lowest BCUT2D eigenvalue weighted by atomic mass is 10.00. The van der Waals surface area contributed by atoms with Crippen molar-refractivity contribution in [2.45, 2.75) is 137 Å². The third-order valence-corrected chi connectivity index (χ3v) is 15.5. The van der Waals surface area contributed by atoms with Crippen molar-refractivity contribution in [3.63, 3.8) is 0 Å². The average molecular weight is 648 g/mol. The number of carbonyl (C=O) groups is 1. The Bertz CT molecular complexity index is 1140. The first kappa shape index (κ1) is 37.3. The molecule has 2 rings (SSSR count). The third-order valence-electron chi connectivity index (χ3n) is 7.64. The number of hydrogen-bond acceptors (Lipinski definition) is 9. The van der Waals surface area contributed by atoms with Crippen molar-refractivity contribution in [3.05, 3.63) is 33.1 Å². The van der Waals surface area contributed by atoms with Crippen molar-refractivity contribution >= 4 is 33.7 Å². The largest absolute Gasteiger partial charge is 0.407 e. The van der Waals surface area contributed by atoms with Gasteiger partial charge >= 0.3 is 5.69 Å².